The summed E-state index contributed by atoms with van der Waals surface area (Å²) in [6.07, 6.45) is 2.56. The van der Waals surface area contributed by atoms with Crippen molar-refractivity contribution in [1.29, 1.82) is 0 Å². The average Bonchev–Trinajstić information content (AvgIpc) is 3.31. The minimum atomic E-state index is -0.0197. The standard InChI is InChI=1S/C17H28N2O2/c1-17(13-18-16-7-8-16,15-5-3-2-4-6-15)14-19(9-11-20)10-12-21/h2-6,16,18,20-21H,7-14H2,1H3. The Kier molecular flexibility index (Phi) is 6.18. The summed E-state index contributed by atoms with van der Waals surface area (Å²) in [5.41, 5.74) is 1.29. The first kappa shape index (κ1) is 16.4. The van der Waals surface area contributed by atoms with Gasteiger partial charge in [0, 0.05) is 37.6 Å². The van der Waals surface area contributed by atoms with Gasteiger partial charge in [0.15, 0.2) is 0 Å². The van der Waals surface area contributed by atoms with E-state index in [1.54, 1.807) is 0 Å². The Morgan fingerprint density at radius 1 is 1.14 bits per heavy atom. The summed E-state index contributed by atoms with van der Waals surface area (Å²) in [5, 5.41) is 22.1. The van der Waals surface area contributed by atoms with Gasteiger partial charge in [-0.3, -0.25) is 4.90 Å². The van der Waals surface area contributed by atoms with Crippen LogP contribution in [0.3, 0.4) is 0 Å². The van der Waals surface area contributed by atoms with E-state index in [1.807, 2.05) is 6.07 Å². The molecule has 0 radical (unpaired) electrons. The van der Waals surface area contributed by atoms with E-state index in [-0.39, 0.29) is 18.6 Å². The number of aliphatic hydroxyl groups is 2. The fourth-order valence-electron chi connectivity index (χ4n) is 2.79. The van der Waals surface area contributed by atoms with Crippen LogP contribution < -0.4 is 5.32 Å². The van der Waals surface area contributed by atoms with E-state index < -0.39 is 0 Å². The first-order chi connectivity index (χ1) is 10.2. The summed E-state index contributed by atoms with van der Waals surface area (Å²) < 4.78 is 0. The lowest BCUT2D eigenvalue weighted by atomic mass is 9.81. The SMILES string of the molecule is CC(CNC1CC1)(CN(CCO)CCO)c1ccccc1. The molecule has 1 saturated carbocycles. The van der Waals surface area contributed by atoms with Crippen LogP contribution in [0, 0.1) is 0 Å². The van der Waals surface area contributed by atoms with Crippen LogP contribution in [0.15, 0.2) is 30.3 Å². The summed E-state index contributed by atoms with van der Waals surface area (Å²) in [7, 11) is 0. The molecule has 0 aliphatic heterocycles. The van der Waals surface area contributed by atoms with Gasteiger partial charge in [-0.15, -0.1) is 0 Å². The Labute approximate surface area is 127 Å². The number of hydrogen-bond acceptors (Lipinski definition) is 4. The summed E-state index contributed by atoms with van der Waals surface area (Å²) in [6.45, 7) is 5.48. The maximum Gasteiger partial charge on any atom is 0.0558 e. The number of nitrogens with one attached hydrogen (secondary N) is 1. The van der Waals surface area contributed by atoms with Crippen LogP contribution in [0.1, 0.15) is 25.3 Å². The first-order valence-corrected chi connectivity index (χ1v) is 7.91. The summed E-state index contributed by atoms with van der Waals surface area (Å²) >= 11 is 0. The minimum absolute atomic E-state index is 0.0197. The topological polar surface area (TPSA) is 55.7 Å². The zero-order chi connectivity index (χ0) is 15.1. The number of benzene rings is 1. The van der Waals surface area contributed by atoms with Gasteiger partial charge in [0.2, 0.25) is 0 Å². The van der Waals surface area contributed by atoms with E-state index in [2.05, 4.69) is 41.4 Å². The average molecular weight is 292 g/mol. The molecule has 1 aliphatic carbocycles. The molecule has 4 nitrogen and oxygen atoms in total. The number of rotatable bonds is 10. The van der Waals surface area contributed by atoms with E-state index in [0.717, 1.165) is 13.1 Å². The van der Waals surface area contributed by atoms with Gasteiger partial charge in [-0.05, 0) is 18.4 Å². The fraction of sp³-hybridized carbons (Fsp3) is 0.647. The van der Waals surface area contributed by atoms with Crippen LogP contribution in [0.5, 0.6) is 0 Å². The monoisotopic (exact) mass is 292 g/mol. The molecule has 1 aromatic rings. The predicted molar refractivity (Wildman–Crippen MR) is 85.4 cm³/mol. The maximum atomic E-state index is 9.22. The van der Waals surface area contributed by atoms with E-state index in [1.165, 1.54) is 18.4 Å². The molecule has 118 valence electrons. The molecule has 4 heteroatoms. The lowest BCUT2D eigenvalue weighted by molar-refractivity contribution is 0.136. The van der Waals surface area contributed by atoms with E-state index in [4.69, 9.17) is 0 Å². The van der Waals surface area contributed by atoms with Crippen molar-refractivity contribution in [2.24, 2.45) is 0 Å². The van der Waals surface area contributed by atoms with Crippen molar-refractivity contribution in [3.05, 3.63) is 35.9 Å². The summed E-state index contributed by atoms with van der Waals surface area (Å²) in [4.78, 5) is 2.14. The van der Waals surface area contributed by atoms with Gasteiger partial charge in [0.1, 0.15) is 0 Å². The normalized spacial score (nSPS) is 17.9. The van der Waals surface area contributed by atoms with E-state index in [9.17, 15) is 10.2 Å². The number of aliphatic hydroxyl groups excluding tert-OH is 2. The minimum Gasteiger partial charge on any atom is -0.395 e. The number of hydrogen-bond donors (Lipinski definition) is 3. The molecule has 1 fully saturated rings. The smallest absolute Gasteiger partial charge is 0.0558 e. The zero-order valence-electron chi connectivity index (χ0n) is 13.0. The molecule has 3 N–H and O–H groups in total. The molecule has 0 amide bonds. The lowest BCUT2D eigenvalue weighted by Crippen LogP contribution is -2.47. The van der Waals surface area contributed by atoms with E-state index in [0.29, 0.717) is 19.1 Å². The molecular weight excluding hydrogens is 264 g/mol. The Hall–Kier alpha value is -0.940. The quantitative estimate of drug-likeness (QED) is 0.602. The maximum absolute atomic E-state index is 9.22. The van der Waals surface area contributed by atoms with Crippen LogP contribution >= 0.6 is 0 Å². The lowest BCUT2D eigenvalue weighted by Gasteiger charge is -2.36. The second-order valence-electron chi connectivity index (χ2n) is 6.31. The second kappa shape index (κ2) is 7.90. The molecule has 0 bridgehead atoms. The first-order valence-electron chi connectivity index (χ1n) is 7.91. The van der Waals surface area contributed by atoms with Gasteiger partial charge in [-0.1, -0.05) is 37.3 Å². The molecule has 0 saturated heterocycles. The molecule has 1 aliphatic rings. The van der Waals surface area contributed by atoms with Crippen LogP contribution in [0.25, 0.3) is 0 Å². The summed E-state index contributed by atoms with van der Waals surface area (Å²) in [6, 6.07) is 11.2. The predicted octanol–water partition coefficient (Wildman–Crippen LogP) is 0.983. The van der Waals surface area contributed by atoms with Crippen molar-refractivity contribution in [2.75, 3.05) is 39.4 Å². The molecule has 0 heterocycles. The van der Waals surface area contributed by atoms with Crippen molar-refractivity contribution in [3.8, 4) is 0 Å². The van der Waals surface area contributed by atoms with Gasteiger partial charge >= 0.3 is 0 Å². The summed E-state index contributed by atoms with van der Waals surface area (Å²) in [5.74, 6) is 0. The highest BCUT2D eigenvalue weighted by molar-refractivity contribution is 5.26. The highest BCUT2D eigenvalue weighted by Gasteiger charge is 2.31. The Morgan fingerprint density at radius 2 is 1.76 bits per heavy atom. The van der Waals surface area contributed by atoms with Gasteiger partial charge in [0.25, 0.3) is 0 Å². The Bertz CT molecular complexity index is 403. The molecular formula is C17H28N2O2. The van der Waals surface area contributed by atoms with E-state index >= 15 is 0 Å². The van der Waals surface area contributed by atoms with Crippen LogP contribution in [-0.4, -0.2) is 60.5 Å². The van der Waals surface area contributed by atoms with Gasteiger partial charge in [0.05, 0.1) is 13.2 Å². The van der Waals surface area contributed by atoms with Crippen LogP contribution in [0.2, 0.25) is 0 Å². The fourth-order valence-corrected chi connectivity index (χ4v) is 2.79. The molecule has 21 heavy (non-hydrogen) atoms. The third kappa shape index (κ3) is 5.08. The molecule has 0 aromatic heterocycles. The van der Waals surface area contributed by atoms with Crippen molar-refractivity contribution in [2.45, 2.75) is 31.2 Å². The van der Waals surface area contributed by atoms with Crippen LogP contribution in [0.4, 0.5) is 0 Å². The molecule has 0 spiro atoms. The zero-order valence-corrected chi connectivity index (χ0v) is 13.0. The Morgan fingerprint density at radius 3 is 2.29 bits per heavy atom. The highest BCUT2D eigenvalue weighted by atomic mass is 16.3. The Balaban J connectivity index is 2.09. The van der Waals surface area contributed by atoms with Crippen molar-refractivity contribution < 1.29 is 10.2 Å². The van der Waals surface area contributed by atoms with Gasteiger partial charge in [-0.2, -0.15) is 0 Å². The molecule has 1 unspecified atom stereocenters. The largest absolute Gasteiger partial charge is 0.395 e. The molecule has 1 aromatic carbocycles. The molecule has 1 atom stereocenters. The van der Waals surface area contributed by atoms with Gasteiger partial charge in [-0.25, -0.2) is 0 Å². The highest BCUT2D eigenvalue weighted by Crippen LogP contribution is 2.27. The van der Waals surface area contributed by atoms with Crippen LogP contribution in [-0.2, 0) is 5.41 Å². The van der Waals surface area contributed by atoms with Crippen molar-refractivity contribution in [1.82, 2.24) is 10.2 Å². The van der Waals surface area contributed by atoms with Crippen molar-refractivity contribution in [3.63, 3.8) is 0 Å². The van der Waals surface area contributed by atoms with Crippen molar-refractivity contribution >= 4 is 0 Å². The molecule has 2 rings (SSSR count). The third-order valence-electron chi connectivity index (χ3n) is 4.23. The third-order valence-corrected chi connectivity index (χ3v) is 4.23. The van der Waals surface area contributed by atoms with Gasteiger partial charge < -0.3 is 15.5 Å². The second-order valence-corrected chi connectivity index (χ2v) is 6.31. The number of nitrogens with zero attached hydrogens (tertiary/aromatic N) is 1.